The standard InChI is InChI=1S/C24H17Cl2F4N5O2/c1-4-7-35-13(3)31-22(33-35)32-21(36)16-6-5-14(8-12(16)2)19-11-23(37-34-19,24(28,29)30)15-9-17(25)20(27)18(26)10-15/h1,5-6,8-10H,7,11H2,2-3H3,(H,32,33,36). The van der Waals surface area contributed by atoms with E-state index in [2.05, 4.69) is 26.5 Å². The summed E-state index contributed by atoms with van der Waals surface area (Å²) < 4.78 is 58.0. The van der Waals surface area contributed by atoms with Gasteiger partial charge in [0.1, 0.15) is 12.4 Å². The van der Waals surface area contributed by atoms with Gasteiger partial charge in [-0.25, -0.2) is 9.07 Å². The molecule has 0 spiro atoms. The Morgan fingerprint density at radius 1 is 1.24 bits per heavy atom. The van der Waals surface area contributed by atoms with E-state index in [1.54, 1.807) is 13.8 Å². The zero-order valence-corrected chi connectivity index (χ0v) is 20.8. The zero-order chi connectivity index (χ0) is 27.1. The number of rotatable bonds is 5. The summed E-state index contributed by atoms with van der Waals surface area (Å²) in [6, 6.07) is 6.01. The van der Waals surface area contributed by atoms with Gasteiger partial charge in [0.25, 0.3) is 11.5 Å². The topological polar surface area (TPSA) is 81.4 Å². The molecule has 1 amide bonds. The fourth-order valence-electron chi connectivity index (χ4n) is 3.82. The third-order valence-electron chi connectivity index (χ3n) is 5.76. The molecule has 0 saturated heterocycles. The van der Waals surface area contributed by atoms with E-state index in [1.807, 2.05) is 0 Å². The van der Waals surface area contributed by atoms with Gasteiger partial charge < -0.3 is 4.84 Å². The zero-order valence-electron chi connectivity index (χ0n) is 19.3. The highest BCUT2D eigenvalue weighted by Crippen LogP contribution is 2.50. The molecule has 7 nitrogen and oxygen atoms in total. The number of nitrogens with one attached hydrogen (secondary N) is 1. The second-order valence-electron chi connectivity index (χ2n) is 8.21. The Hall–Kier alpha value is -3.62. The van der Waals surface area contributed by atoms with Crippen molar-refractivity contribution in [3.63, 3.8) is 0 Å². The number of anilines is 1. The minimum atomic E-state index is -4.94. The molecule has 1 N–H and O–H groups in total. The summed E-state index contributed by atoms with van der Waals surface area (Å²) in [6.07, 6.45) is -0.390. The number of aromatic nitrogens is 3. The van der Waals surface area contributed by atoms with E-state index < -0.39 is 45.5 Å². The predicted octanol–water partition coefficient (Wildman–Crippen LogP) is 5.81. The minimum absolute atomic E-state index is 0.0331. The van der Waals surface area contributed by atoms with Crippen molar-refractivity contribution in [1.82, 2.24) is 14.8 Å². The van der Waals surface area contributed by atoms with Crippen LogP contribution in [0, 0.1) is 32.0 Å². The molecule has 1 aliphatic rings. The molecule has 1 atom stereocenters. The van der Waals surface area contributed by atoms with Crippen LogP contribution in [0.15, 0.2) is 35.5 Å². The number of carbonyl (C=O) groups excluding carboxylic acids is 1. The third-order valence-corrected chi connectivity index (χ3v) is 6.31. The Bertz CT molecular complexity index is 1460. The maximum absolute atomic E-state index is 14.2. The SMILES string of the molecule is C#CCn1nc(NC(=O)c2ccc(C3=NOC(c4cc(Cl)c(F)c(Cl)c4)(C(F)(F)F)C3)cc2C)nc1C. The smallest absolute Gasteiger partial charge is 0.374 e. The second kappa shape index (κ2) is 9.68. The van der Waals surface area contributed by atoms with Crippen LogP contribution in [0.4, 0.5) is 23.5 Å². The van der Waals surface area contributed by atoms with Gasteiger partial charge in [0.15, 0.2) is 5.82 Å². The van der Waals surface area contributed by atoms with E-state index in [-0.39, 0.29) is 23.8 Å². The molecule has 0 aliphatic carbocycles. The minimum Gasteiger partial charge on any atom is -0.374 e. The van der Waals surface area contributed by atoms with Crippen molar-refractivity contribution in [3.05, 3.63) is 74.3 Å². The summed E-state index contributed by atoms with van der Waals surface area (Å²) in [6.45, 7) is 3.47. The fourth-order valence-corrected chi connectivity index (χ4v) is 4.31. The maximum atomic E-state index is 14.2. The van der Waals surface area contributed by atoms with E-state index in [0.717, 1.165) is 12.1 Å². The molecule has 1 aromatic heterocycles. The lowest BCUT2D eigenvalue weighted by Gasteiger charge is -2.29. The van der Waals surface area contributed by atoms with Crippen LogP contribution in [0.3, 0.4) is 0 Å². The summed E-state index contributed by atoms with van der Waals surface area (Å²) in [5, 5.41) is 9.19. The Morgan fingerprint density at radius 2 is 1.92 bits per heavy atom. The first-order chi connectivity index (χ1) is 17.4. The van der Waals surface area contributed by atoms with Crippen LogP contribution < -0.4 is 5.32 Å². The van der Waals surface area contributed by atoms with Crippen molar-refractivity contribution in [3.8, 4) is 12.3 Å². The molecule has 192 valence electrons. The van der Waals surface area contributed by atoms with Crippen molar-refractivity contribution < 1.29 is 27.2 Å². The van der Waals surface area contributed by atoms with Crippen LogP contribution >= 0.6 is 23.2 Å². The highest BCUT2D eigenvalue weighted by molar-refractivity contribution is 6.35. The third kappa shape index (κ3) is 4.86. The Balaban J connectivity index is 1.59. The maximum Gasteiger partial charge on any atom is 0.435 e. The van der Waals surface area contributed by atoms with Gasteiger partial charge in [0, 0.05) is 17.5 Å². The lowest BCUT2D eigenvalue weighted by Crippen LogP contribution is -2.42. The second-order valence-corrected chi connectivity index (χ2v) is 9.03. The lowest BCUT2D eigenvalue weighted by molar-refractivity contribution is -0.275. The average molecular weight is 554 g/mol. The van der Waals surface area contributed by atoms with E-state index in [0.29, 0.717) is 17.0 Å². The number of hydrogen-bond acceptors (Lipinski definition) is 5. The van der Waals surface area contributed by atoms with Crippen LogP contribution in [0.5, 0.6) is 0 Å². The number of amides is 1. The van der Waals surface area contributed by atoms with Crippen LogP contribution in [0.2, 0.25) is 10.0 Å². The highest BCUT2D eigenvalue weighted by atomic mass is 35.5. The first kappa shape index (κ1) is 26.4. The van der Waals surface area contributed by atoms with Crippen molar-refractivity contribution in [2.24, 2.45) is 5.16 Å². The van der Waals surface area contributed by atoms with Crippen molar-refractivity contribution in [2.75, 3.05) is 5.32 Å². The molecule has 1 unspecified atom stereocenters. The van der Waals surface area contributed by atoms with Gasteiger partial charge in [0.2, 0.25) is 5.95 Å². The molecule has 0 bridgehead atoms. The van der Waals surface area contributed by atoms with Crippen molar-refractivity contribution in [2.45, 2.75) is 38.6 Å². The van der Waals surface area contributed by atoms with Crippen molar-refractivity contribution in [1.29, 1.82) is 0 Å². The highest BCUT2D eigenvalue weighted by Gasteiger charge is 2.62. The van der Waals surface area contributed by atoms with Gasteiger partial charge in [-0.15, -0.1) is 11.5 Å². The first-order valence-corrected chi connectivity index (χ1v) is 11.4. The average Bonchev–Trinajstić information content (AvgIpc) is 3.42. The molecule has 13 heteroatoms. The molecular formula is C24H17Cl2F4N5O2. The molecule has 37 heavy (non-hydrogen) atoms. The Kier molecular flexibility index (Phi) is 6.92. The number of nitrogens with zero attached hydrogens (tertiary/aromatic N) is 4. The van der Waals surface area contributed by atoms with Crippen molar-refractivity contribution >= 4 is 40.8 Å². The van der Waals surface area contributed by atoms with Crippen LogP contribution in [-0.2, 0) is 17.0 Å². The fraction of sp³-hybridized carbons (Fsp3) is 0.250. The Morgan fingerprint density at radius 3 is 2.51 bits per heavy atom. The number of benzene rings is 2. The summed E-state index contributed by atoms with van der Waals surface area (Å²) >= 11 is 11.5. The van der Waals surface area contributed by atoms with E-state index >= 15 is 0 Å². The Labute approximate surface area is 218 Å². The number of alkyl halides is 3. The molecule has 0 fully saturated rings. The molecule has 1 aliphatic heterocycles. The number of terminal acetylenes is 1. The number of oxime groups is 1. The molecular weight excluding hydrogens is 537 g/mol. The predicted molar refractivity (Wildman–Crippen MR) is 129 cm³/mol. The first-order valence-electron chi connectivity index (χ1n) is 10.6. The molecule has 0 saturated carbocycles. The summed E-state index contributed by atoms with van der Waals surface area (Å²) in [5.74, 6) is 1.43. The van der Waals surface area contributed by atoms with Crippen LogP contribution in [0.25, 0.3) is 0 Å². The molecule has 4 rings (SSSR count). The number of carbonyl (C=O) groups is 1. The normalized spacial score (nSPS) is 17.2. The summed E-state index contributed by atoms with van der Waals surface area (Å²) in [4.78, 5) is 21.8. The largest absolute Gasteiger partial charge is 0.435 e. The van der Waals surface area contributed by atoms with Crippen LogP contribution in [-0.4, -0.2) is 32.6 Å². The molecule has 3 aromatic rings. The summed E-state index contributed by atoms with van der Waals surface area (Å²) in [7, 11) is 0. The lowest BCUT2D eigenvalue weighted by atomic mass is 9.86. The summed E-state index contributed by atoms with van der Waals surface area (Å²) in [5.41, 5.74) is -2.45. The van der Waals surface area contributed by atoms with Gasteiger partial charge >= 0.3 is 6.18 Å². The number of aryl methyl sites for hydroxylation is 2. The number of halogens is 6. The number of hydrogen-bond donors (Lipinski definition) is 1. The molecule has 0 radical (unpaired) electrons. The van der Waals surface area contributed by atoms with Gasteiger partial charge in [0.05, 0.1) is 15.8 Å². The van der Waals surface area contributed by atoms with E-state index in [4.69, 9.17) is 34.5 Å². The van der Waals surface area contributed by atoms with Gasteiger partial charge in [-0.3, -0.25) is 10.1 Å². The van der Waals surface area contributed by atoms with Crippen LogP contribution in [0.1, 0.15) is 39.3 Å². The van der Waals surface area contributed by atoms with E-state index in [1.165, 1.54) is 22.9 Å². The van der Waals surface area contributed by atoms with Gasteiger partial charge in [-0.2, -0.15) is 18.2 Å². The monoisotopic (exact) mass is 553 g/mol. The van der Waals surface area contributed by atoms with E-state index in [9.17, 15) is 22.4 Å². The van der Waals surface area contributed by atoms with Gasteiger partial charge in [-0.1, -0.05) is 40.3 Å². The van der Waals surface area contributed by atoms with Gasteiger partial charge in [-0.05, 0) is 49.2 Å². The molecule has 2 heterocycles. The molecule has 2 aromatic carbocycles. The quantitative estimate of drug-likeness (QED) is 0.245.